The Labute approximate surface area is 103 Å². The highest BCUT2D eigenvalue weighted by Gasteiger charge is 1.92. The largest absolute Gasteiger partial charge is 0.399 e. The Morgan fingerprint density at radius 2 is 1.82 bits per heavy atom. The van der Waals surface area contributed by atoms with E-state index in [0.717, 1.165) is 37.4 Å². The van der Waals surface area contributed by atoms with Gasteiger partial charge in [0.05, 0.1) is 13.2 Å². The van der Waals surface area contributed by atoms with Gasteiger partial charge in [-0.2, -0.15) is 0 Å². The van der Waals surface area contributed by atoms with Crippen molar-refractivity contribution in [1.29, 1.82) is 0 Å². The third-order valence-electron chi connectivity index (χ3n) is 2.39. The molecule has 0 atom stereocenters. The molecule has 4 nitrogen and oxygen atoms in total. The van der Waals surface area contributed by atoms with Gasteiger partial charge in [0.1, 0.15) is 0 Å². The van der Waals surface area contributed by atoms with Crippen molar-refractivity contribution in [2.24, 2.45) is 0 Å². The van der Waals surface area contributed by atoms with Crippen LogP contribution in [0.25, 0.3) is 0 Å². The Hall–Kier alpha value is -1.26. The fourth-order valence-electron chi connectivity index (χ4n) is 1.41. The van der Waals surface area contributed by atoms with Gasteiger partial charge in [-0.3, -0.25) is 0 Å². The Balaban J connectivity index is 1.95. The summed E-state index contributed by atoms with van der Waals surface area (Å²) in [6, 6.07) is 7.78. The standard InChI is InChI=1S/C13H22N2O2/c1-16-10-11-17-9-3-2-8-15-13-6-4-12(14)5-7-13/h4-7,15H,2-3,8-11,14H2,1H3. The van der Waals surface area contributed by atoms with Crippen LogP contribution in [0.4, 0.5) is 11.4 Å². The topological polar surface area (TPSA) is 56.5 Å². The summed E-state index contributed by atoms with van der Waals surface area (Å²) in [6.45, 7) is 3.11. The van der Waals surface area contributed by atoms with E-state index in [1.807, 2.05) is 24.3 Å². The van der Waals surface area contributed by atoms with Crippen LogP contribution < -0.4 is 11.1 Å². The maximum absolute atomic E-state index is 5.61. The van der Waals surface area contributed by atoms with Crippen molar-refractivity contribution in [3.8, 4) is 0 Å². The van der Waals surface area contributed by atoms with Crippen LogP contribution in [0.3, 0.4) is 0 Å². The molecule has 1 aromatic rings. The molecule has 0 amide bonds. The van der Waals surface area contributed by atoms with Gasteiger partial charge < -0.3 is 20.5 Å². The summed E-state index contributed by atoms with van der Waals surface area (Å²) < 4.78 is 10.3. The van der Waals surface area contributed by atoms with Gasteiger partial charge in [-0.05, 0) is 37.1 Å². The van der Waals surface area contributed by atoms with E-state index < -0.39 is 0 Å². The highest BCUT2D eigenvalue weighted by atomic mass is 16.5. The number of hydrogen-bond donors (Lipinski definition) is 2. The molecule has 0 aliphatic carbocycles. The number of methoxy groups -OCH3 is 1. The summed E-state index contributed by atoms with van der Waals surface area (Å²) in [5.74, 6) is 0. The van der Waals surface area contributed by atoms with Crippen LogP contribution in [0.5, 0.6) is 0 Å². The second-order valence-electron chi connectivity index (χ2n) is 3.86. The smallest absolute Gasteiger partial charge is 0.0700 e. The van der Waals surface area contributed by atoms with Gasteiger partial charge in [-0.1, -0.05) is 0 Å². The van der Waals surface area contributed by atoms with Crippen molar-refractivity contribution < 1.29 is 9.47 Å². The summed E-state index contributed by atoms with van der Waals surface area (Å²) in [5, 5.41) is 3.34. The number of rotatable bonds is 9. The molecule has 0 aromatic heterocycles. The summed E-state index contributed by atoms with van der Waals surface area (Å²) in [4.78, 5) is 0. The first-order chi connectivity index (χ1) is 8.33. The zero-order valence-electron chi connectivity index (χ0n) is 10.4. The normalized spacial score (nSPS) is 10.4. The fraction of sp³-hybridized carbons (Fsp3) is 0.538. The fourth-order valence-corrected chi connectivity index (χ4v) is 1.41. The third kappa shape index (κ3) is 6.81. The molecule has 0 saturated heterocycles. The molecule has 0 unspecified atom stereocenters. The zero-order chi connectivity index (χ0) is 12.3. The average Bonchev–Trinajstić information content (AvgIpc) is 2.35. The SMILES string of the molecule is COCCOCCCCNc1ccc(N)cc1. The van der Waals surface area contributed by atoms with Crippen molar-refractivity contribution >= 4 is 11.4 Å². The number of benzene rings is 1. The van der Waals surface area contributed by atoms with Gasteiger partial charge >= 0.3 is 0 Å². The molecular formula is C13H22N2O2. The number of nitrogens with one attached hydrogen (secondary N) is 1. The van der Waals surface area contributed by atoms with Gasteiger partial charge in [0.15, 0.2) is 0 Å². The number of nitrogen functional groups attached to an aromatic ring is 1. The van der Waals surface area contributed by atoms with E-state index >= 15 is 0 Å². The third-order valence-corrected chi connectivity index (χ3v) is 2.39. The molecule has 3 N–H and O–H groups in total. The average molecular weight is 238 g/mol. The minimum Gasteiger partial charge on any atom is -0.399 e. The number of ether oxygens (including phenoxy) is 2. The van der Waals surface area contributed by atoms with Crippen LogP contribution in [0.1, 0.15) is 12.8 Å². The van der Waals surface area contributed by atoms with Crippen molar-refractivity contribution in [2.75, 3.05) is 44.5 Å². The lowest BCUT2D eigenvalue weighted by molar-refractivity contribution is 0.0691. The molecule has 0 bridgehead atoms. The Morgan fingerprint density at radius 1 is 1.06 bits per heavy atom. The molecule has 0 radical (unpaired) electrons. The first kappa shape index (κ1) is 13.8. The van der Waals surface area contributed by atoms with Crippen LogP contribution in [0, 0.1) is 0 Å². The summed E-state index contributed by atoms with van der Waals surface area (Å²) >= 11 is 0. The van der Waals surface area contributed by atoms with Crippen molar-refractivity contribution in [3.05, 3.63) is 24.3 Å². The monoisotopic (exact) mass is 238 g/mol. The van der Waals surface area contributed by atoms with E-state index in [-0.39, 0.29) is 0 Å². The van der Waals surface area contributed by atoms with Gasteiger partial charge in [-0.15, -0.1) is 0 Å². The second kappa shape index (κ2) is 8.84. The predicted molar refractivity (Wildman–Crippen MR) is 71.3 cm³/mol. The molecule has 1 aromatic carbocycles. The molecule has 0 heterocycles. The quantitative estimate of drug-likeness (QED) is 0.511. The van der Waals surface area contributed by atoms with Gasteiger partial charge in [0, 0.05) is 31.6 Å². The van der Waals surface area contributed by atoms with E-state index in [1.165, 1.54) is 0 Å². The van der Waals surface area contributed by atoms with Crippen molar-refractivity contribution in [3.63, 3.8) is 0 Å². The number of unbranched alkanes of at least 4 members (excludes halogenated alkanes) is 1. The van der Waals surface area contributed by atoms with E-state index in [4.69, 9.17) is 15.2 Å². The summed E-state index contributed by atoms with van der Waals surface area (Å²) in [5.41, 5.74) is 7.51. The Kier molecular flexibility index (Phi) is 7.18. The van der Waals surface area contributed by atoms with Crippen LogP contribution in [-0.4, -0.2) is 33.5 Å². The van der Waals surface area contributed by atoms with Crippen LogP contribution in [0.15, 0.2) is 24.3 Å². The van der Waals surface area contributed by atoms with Crippen LogP contribution in [-0.2, 0) is 9.47 Å². The zero-order valence-corrected chi connectivity index (χ0v) is 10.4. The first-order valence-corrected chi connectivity index (χ1v) is 5.99. The lowest BCUT2D eigenvalue weighted by Crippen LogP contribution is -2.06. The van der Waals surface area contributed by atoms with E-state index in [1.54, 1.807) is 7.11 Å². The van der Waals surface area contributed by atoms with Gasteiger partial charge in [-0.25, -0.2) is 0 Å². The molecule has 96 valence electrons. The number of anilines is 2. The van der Waals surface area contributed by atoms with E-state index in [2.05, 4.69) is 5.32 Å². The minimum atomic E-state index is 0.670. The predicted octanol–water partition coefficient (Wildman–Crippen LogP) is 2.12. The first-order valence-electron chi connectivity index (χ1n) is 5.99. The maximum Gasteiger partial charge on any atom is 0.0700 e. The number of hydrogen-bond acceptors (Lipinski definition) is 4. The lowest BCUT2D eigenvalue weighted by atomic mass is 10.2. The minimum absolute atomic E-state index is 0.670. The van der Waals surface area contributed by atoms with Gasteiger partial charge in [0.2, 0.25) is 0 Å². The molecule has 0 aliphatic heterocycles. The Bertz CT molecular complexity index is 288. The van der Waals surface area contributed by atoms with E-state index in [0.29, 0.717) is 13.2 Å². The Morgan fingerprint density at radius 3 is 2.53 bits per heavy atom. The maximum atomic E-state index is 5.61. The molecular weight excluding hydrogens is 216 g/mol. The molecule has 1 rings (SSSR count). The summed E-state index contributed by atoms with van der Waals surface area (Å²) in [7, 11) is 1.68. The summed E-state index contributed by atoms with van der Waals surface area (Å²) in [6.07, 6.45) is 2.16. The molecule has 0 spiro atoms. The number of nitrogens with two attached hydrogens (primary N) is 1. The molecule has 17 heavy (non-hydrogen) atoms. The van der Waals surface area contributed by atoms with Crippen molar-refractivity contribution in [1.82, 2.24) is 0 Å². The highest BCUT2D eigenvalue weighted by Crippen LogP contribution is 2.10. The molecule has 0 aliphatic rings. The lowest BCUT2D eigenvalue weighted by Gasteiger charge is -2.07. The highest BCUT2D eigenvalue weighted by molar-refractivity contribution is 5.50. The molecule has 0 fully saturated rings. The van der Waals surface area contributed by atoms with Gasteiger partial charge in [0.25, 0.3) is 0 Å². The van der Waals surface area contributed by atoms with Crippen LogP contribution in [0.2, 0.25) is 0 Å². The van der Waals surface area contributed by atoms with E-state index in [9.17, 15) is 0 Å². The second-order valence-corrected chi connectivity index (χ2v) is 3.86. The molecule has 4 heteroatoms. The van der Waals surface area contributed by atoms with Crippen LogP contribution >= 0.6 is 0 Å². The van der Waals surface area contributed by atoms with Crippen molar-refractivity contribution in [2.45, 2.75) is 12.8 Å². The molecule has 0 saturated carbocycles.